The number of aromatic amines is 1. The van der Waals surface area contributed by atoms with Gasteiger partial charge < -0.3 is 15.2 Å². The smallest absolute Gasteiger partial charge is 0.290 e. The van der Waals surface area contributed by atoms with Gasteiger partial charge in [0.15, 0.2) is 5.82 Å². The molecule has 0 radical (unpaired) electrons. The predicted octanol–water partition coefficient (Wildman–Crippen LogP) is 0.821. The van der Waals surface area contributed by atoms with Gasteiger partial charge in [0.05, 0.1) is 0 Å². The summed E-state index contributed by atoms with van der Waals surface area (Å²) in [5.41, 5.74) is -0.176. The van der Waals surface area contributed by atoms with Crippen molar-refractivity contribution in [1.82, 2.24) is 15.3 Å². The van der Waals surface area contributed by atoms with Gasteiger partial charge in [-0.15, -0.1) is 0 Å². The molecule has 2 aliphatic rings. The second kappa shape index (κ2) is 6.11. The molecule has 0 saturated carbocycles. The van der Waals surface area contributed by atoms with Gasteiger partial charge in [-0.1, -0.05) is 12.2 Å². The van der Waals surface area contributed by atoms with Crippen LogP contribution in [0.3, 0.4) is 0 Å². The third-order valence-corrected chi connectivity index (χ3v) is 4.13. The van der Waals surface area contributed by atoms with E-state index in [-0.39, 0.29) is 23.4 Å². The second-order valence-electron chi connectivity index (χ2n) is 5.68. The molecule has 3 rings (SSSR count). The van der Waals surface area contributed by atoms with Crippen molar-refractivity contribution in [2.24, 2.45) is 5.92 Å². The number of nitrogens with zero attached hydrogens (tertiary/aromatic N) is 2. The number of amides is 1. The normalized spacial score (nSPS) is 22.5. The third kappa shape index (κ3) is 3.15. The molecule has 2 heterocycles. The van der Waals surface area contributed by atoms with Crippen molar-refractivity contribution in [3.05, 3.63) is 34.9 Å². The number of carbonyl (C=O) groups excluding carboxylic acids is 1. The van der Waals surface area contributed by atoms with E-state index in [1.165, 1.54) is 6.20 Å². The van der Waals surface area contributed by atoms with Gasteiger partial charge in [-0.25, -0.2) is 4.98 Å². The van der Waals surface area contributed by atoms with Crippen LogP contribution in [0.5, 0.6) is 0 Å². The summed E-state index contributed by atoms with van der Waals surface area (Å²) in [7, 11) is 0. The Morgan fingerprint density at radius 1 is 1.38 bits per heavy atom. The lowest BCUT2D eigenvalue weighted by Crippen LogP contribution is -2.50. The molecule has 1 fully saturated rings. The van der Waals surface area contributed by atoms with Gasteiger partial charge in [0.2, 0.25) is 5.91 Å². The van der Waals surface area contributed by atoms with E-state index in [9.17, 15) is 9.59 Å². The van der Waals surface area contributed by atoms with E-state index >= 15 is 0 Å². The highest BCUT2D eigenvalue weighted by Gasteiger charge is 2.26. The number of hydrogen-bond donors (Lipinski definition) is 2. The minimum Gasteiger partial charge on any atom is -0.351 e. The van der Waals surface area contributed by atoms with Gasteiger partial charge >= 0.3 is 0 Å². The summed E-state index contributed by atoms with van der Waals surface area (Å²) < 4.78 is 0. The number of allylic oxidation sites excluding steroid dienone is 2. The standard InChI is InChI=1S/C15H20N4O2/c20-14(11-4-1-2-5-11)18-12-6-3-9-19(10-12)13-15(21)17-8-7-16-13/h1-2,7-8,11-12H,3-6,9-10H2,(H,17,21)(H,18,20). The Bertz CT molecular complexity index is 587. The molecule has 1 aliphatic carbocycles. The quantitative estimate of drug-likeness (QED) is 0.807. The van der Waals surface area contributed by atoms with E-state index in [1.807, 2.05) is 4.90 Å². The van der Waals surface area contributed by atoms with Gasteiger partial charge in [-0.3, -0.25) is 9.59 Å². The highest BCUT2D eigenvalue weighted by Crippen LogP contribution is 2.19. The van der Waals surface area contributed by atoms with Crippen LogP contribution in [0.25, 0.3) is 0 Å². The number of carbonyl (C=O) groups is 1. The van der Waals surface area contributed by atoms with Gasteiger partial charge in [-0.05, 0) is 25.7 Å². The lowest BCUT2D eigenvalue weighted by Gasteiger charge is -2.33. The van der Waals surface area contributed by atoms with Crippen LogP contribution in [0.1, 0.15) is 25.7 Å². The molecule has 6 heteroatoms. The molecule has 1 aromatic heterocycles. The fraction of sp³-hybridized carbons (Fsp3) is 0.533. The molecule has 0 aromatic carbocycles. The average Bonchev–Trinajstić information content (AvgIpc) is 3.02. The fourth-order valence-corrected chi connectivity index (χ4v) is 3.01. The zero-order valence-electron chi connectivity index (χ0n) is 11.9. The molecule has 0 spiro atoms. The molecule has 1 aromatic rings. The Morgan fingerprint density at radius 2 is 2.19 bits per heavy atom. The average molecular weight is 288 g/mol. The number of nitrogens with one attached hydrogen (secondary N) is 2. The minimum atomic E-state index is -0.176. The SMILES string of the molecule is O=C(NC1CCCN(c2ncc[nH]c2=O)C1)C1CC=CC1. The van der Waals surface area contributed by atoms with Crippen molar-refractivity contribution in [2.75, 3.05) is 18.0 Å². The number of piperidine rings is 1. The highest BCUT2D eigenvalue weighted by atomic mass is 16.2. The molecule has 2 N–H and O–H groups in total. The molecule has 1 amide bonds. The van der Waals surface area contributed by atoms with Crippen LogP contribution in [0.15, 0.2) is 29.3 Å². The second-order valence-corrected chi connectivity index (χ2v) is 5.68. The van der Waals surface area contributed by atoms with Gasteiger partial charge in [0.1, 0.15) is 0 Å². The summed E-state index contributed by atoms with van der Waals surface area (Å²) in [6, 6.07) is 0.0910. The summed E-state index contributed by atoms with van der Waals surface area (Å²) >= 11 is 0. The zero-order valence-corrected chi connectivity index (χ0v) is 11.9. The Hall–Kier alpha value is -2.11. The van der Waals surface area contributed by atoms with E-state index in [2.05, 4.69) is 27.4 Å². The van der Waals surface area contributed by atoms with Crippen LogP contribution < -0.4 is 15.8 Å². The minimum absolute atomic E-state index is 0.0821. The zero-order chi connectivity index (χ0) is 14.7. The molecular weight excluding hydrogens is 268 g/mol. The summed E-state index contributed by atoms with van der Waals surface area (Å²) in [4.78, 5) is 32.7. The molecule has 112 valence electrons. The summed E-state index contributed by atoms with van der Waals surface area (Å²) in [6.45, 7) is 1.45. The summed E-state index contributed by atoms with van der Waals surface area (Å²) in [5.74, 6) is 0.652. The van der Waals surface area contributed by atoms with E-state index in [0.29, 0.717) is 12.4 Å². The van der Waals surface area contributed by atoms with Gasteiger partial charge in [0.25, 0.3) is 5.56 Å². The lowest BCUT2D eigenvalue weighted by molar-refractivity contribution is -0.125. The van der Waals surface area contributed by atoms with Crippen LogP contribution >= 0.6 is 0 Å². The van der Waals surface area contributed by atoms with Crippen molar-refractivity contribution >= 4 is 11.7 Å². The van der Waals surface area contributed by atoms with E-state index in [4.69, 9.17) is 0 Å². The maximum atomic E-state index is 12.2. The largest absolute Gasteiger partial charge is 0.351 e. The van der Waals surface area contributed by atoms with Crippen molar-refractivity contribution in [2.45, 2.75) is 31.7 Å². The topological polar surface area (TPSA) is 78.1 Å². The number of hydrogen-bond acceptors (Lipinski definition) is 4. The van der Waals surface area contributed by atoms with Crippen molar-refractivity contribution < 1.29 is 4.79 Å². The van der Waals surface area contributed by atoms with Crippen LogP contribution in [0.4, 0.5) is 5.82 Å². The first-order valence-corrected chi connectivity index (χ1v) is 7.48. The first-order chi connectivity index (χ1) is 10.2. The van der Waals surface area contributed by atoms with Crippen molar-refractivity contribution in [3.63, 3.8) is 0 Å². The molecule has 1 unspecified atom stereocenters. The Morgan fingerprint density at radius 3 is 2.95 bits per heavy atom. The predicted molar refractivity (Wildman–Crippen MR) is 80.1 cm³/mol. The molecule has 1 atom stereocenters. The molecule has 1 aliphatic heterocycles. The third-order valence-electron chi connectivity index (χ3n) is 4.13. The fourth-order valence-electron chi connectivity index (χ4n) is 3.01. The monoisotopic (exact) mass is 288 g/mol. The van der Waals surface area contributed by atoms with Crippen molar-refractivity contribution in [1.29, 1.82) is 0 Å². The first kappa shape index (κ1) is 13.9. The molecule has 0 bridgehead atoms. The Kier molecular flexibility index (Phi) is 4.03. The molecule has 21 heavy (non-hydrogen) atoms. The van der Waals surface area contributed by atoms with Crippen LogP contribution in [-0.4, -0.2) is 35.0 Å². The Labute approximate surface area is 123 Å². The van der Waals surface area contributed by atoms with E-state index < -0.39 is 0 Å². The van der Waals surface area contributed by atoms with Crippen LogP contribution in [0.2, 0.25) is 0 Å². The van der Waals surface area contributed by atoms with Crippen LogP contribution in [-0.2, 0) is 4.79 Å². The number of aromatic nitrogens is 2. The first-order valence-electron chi connectivity index (χ1n) is 7.48. The molecule has 1 saturated heterocycles. The van der Waals surface area contributed by atoms with Gasteiger partial charge in [-0.2, -0.15) is 0 Å². The number of H-pyrrole nitrogens is 1. The number of anilines is 1. The van der Waals surface area contributed by atoms with Crippen molar-refractivity contribution in [3.8, 4) is 0 Å². The maximum absolute atomic E-state index is 12.2. The van der Waals surface area contributed by atoms with E-state index in [1.54, 1.807) is 6.20 Å². The number of rotatable bonds is 3. The Balaban J connectivity index is 1.62. The molecular formula is C15H20N4O2. The summed E-state index contributed by atoms with van der Waals surface area (Å²) in [6.07, 6.45) is 10.8. The maximum Gasteiger partial charge on any atom is 0.290 e. The summed E-state index contributed by atoms with van der Waals surface area (Å²) in [5, 5.41) is 3.12. The lowest BCUT2D eigenvalue weighted by atomic mass is 10.0. The molecule has 6 nitrogen and oxygen atoms in total. The highest BCUT2D eigenvalue weighted by molar-refractivity contribution is 5.79. The van der Waals surface area contributed by atoms with Gasteiger partial charge in [0, 0.05) is 37.4 Å². The van der Waals surface area contributed by atoms with Crippen LogP contribution in [0, 0.1) is 5.92 Å². The van der Waals surface area contributed by atoms with E-state index in [0.717, 1.165) is 32.2 Å².